The van der Waals surface area contributed by atoms with Gasteiger partial charge in [0.1, 0.15) is 5.75 Å². The Labute approximate surface area is 167 Å². The molecular formula is C19H27IN4O. The van der Waals surface area contributed by atoms with E-state index in [1.54, 1.807) is 14.2 Å². The van der Waals surface area contributed by atoms with Gasteiger partial charge in [0.15, 0.2) is 5.96 Å². The Morgan fingerprint density at radius 3 is 2.64 bits per heavy atom. The van der Waals surface area contributed by atoms with Crippen molar-refractivity contribution in [3.8, 4) is 5.75 Å². The summed E-state index contributed by atoms with van der Waals surface area (Å²) in [6, 6.07) is 10.3. The first-order valence-electron chi connectivity index (χ1n) is 8.12. The minimum atomic E-state index is 0. The van der Waals surface area contributed by atoms with E-state index in [0.29, 0.717) is 6.54 Å². The molecule has 0 amide bonds. The fraction of sp³-hybridized carbons (Fsp3) is 0.368. The van der Waals surface area contributed by atoms with Crippen molar-refractivity contribution >= 4 is 29.9 Å². The Hall–Kier alpha value is -1.83. The molecule has 1 aromatic carbocycles. The van der Waals surface area contributed by atoms with Crippen LogP contribution in [0.2, 0.25) is 0 Å². The number of nitrogens with one attached hydrogen (secondary N) is 2. The molecule has 0 atom stereocenters. The summed E-state index contributed by atoms with van der Waals surface area (Å²) in [5.41, 5.74) is 4.59. The van der Waals surface area contributed by atoms with Crippen molar-refractivity contribution in [3.63, 3.8) is 0 Å². The normalized spacial score (nSPS) is 10.8. The van der Waals surface area contributed by atoms with Crippen LogP contribution >= 0.6 is 24.0 Å². The van der Waals surface area contributed by atoms with E-state index in [2.05, 4.69) is 51.8 Å². The monoisotopic (exact) mass is 454 g/mol. The molecule has 2 aromatic rings. The number of aliphatic imine (C=N–C) groups is 1. The molecule has 2 rings (SSSR count). The number of benzene rings is 1. The number of aromatic nitrogens is 1. The van der Waals surface area contributed by atoms with Crippen molar-refractivity contribution in [2.24, 2.45) is 4.99 Å². The molecule has 1 aromatic heterocycles. The number of guanidine groups is 1. The molecule has 136 valence electrons. The summed E-state index contributed by atoms with van der Waals surface area (Å²) in [5.74, 6) is 1.71. The largest absolute Gasteiger partial charge is 0.496 e. The Bertz CT molecular complexity index is 704. The molecule has 25 heavy (non-hydrogen) atoms. The average Bonchev–Trinajstić information content (AvgIpc) is 2.60. The lowest BCUT2D eigenvalue weighted by Gasteiger charge is -2.13. The summed E-state index contributed by atoms with van der Waals surface area (Å²) < 4.78 is 5.37. The summed E-state index contributed by atoms with van der Waals surface area (Å²) in [6.07, 6.45) is 2.71. The minimum Gasteiger partial charge on any atom is -0.496 e. The highest BCUT2D eigenvalue weighted by molar-refractivity contribution is 14.0. The first-order valence-corrected chi connectivity index (χ1v) is 8.12. The SMILES string of the molecule is CN=C(NCCc1ccc(C)c(OC)c1)NCc1ncccc1C.I. The van der Waals surface area contributed by atoms with Crippen molar-refractivity contribution in [2.45, 2.75) is 26.8 Å². The number of pyridine rings is 1. The molecule has 6 heteroatoms. The predicted molar refractivity (Wildman–Crippen MR) is 114 cm³/mol. The van der Waals surface area contributed by atoms with E-state index >= 15 is 0 Å². The zero-order valence-electron chi connectivity index (χ0n) is 15.3. The smallest absolute Gasteiger partial charge is 0.191 e. The van der Waals surface area contributed by atoms with Crippen LogP contribution in [0.25, 0.3) is 0 Å². The lowest BCUT2D eigenvalue weighted by atomic mass is 10.1. The number of nitrogens with zero attached hydrogens (tertiary/aromatic N) is 2. The van der Waals surface area contributed by atoms with Gasteiger partial charge in [0.25, 0.3) is 0 Å². The molecule has 0 aliphatic heterocycles. The van der Waals surface area contributed by atoms with Gasteiger partial charge in [0.05, 0.1) is 19.3 Å². The Kier molecular flexibility index (Phi) is 9.26. The summed E-state index contributed by atoms with van der Waals surface area (Å²) in [7, 11) is 3.48. The lowest BCUT2D eigenvalue weighted by molar-refractivity contribution is 0.411. The number of halogens is 1. The standard InChI is InChI=1S/C19H26N4O.HI/c1-14-6-5-10-21-17(14)13-23-19(20-3)22-11-9-16-8-7-15(2)18(12-16)24-4;/h5-8,10,12H,9,11,13H2,1-4H3,(H2,20,22,23);1H. The van der Waals surface area contributed by atoms with Crippen LogP contribution < -0.4 is 15.4 Å². The number of rotatable bonds is 6. The maximum Gasteiger partial charge on any atom is 0.191 e. The Morgan fingerprint density at radius 2 is 1.96 bits per heavy atom. The van der Waals surface area contributed by atoms with E-state index in [1.807, 2.05) is 19.2 Å². The topological polar surface area (TPSA) is 58.5 Å². The van der Waals surface area contributed by atoms with Gasteiger partial charge in [-0.2, -0.15) is 0 Å². The molecule has 0 saturated heterocycles. The quantitative estimate of drug-likeness (QED) is 0.400. The fourth-order valence-corrected chi connectivity index (χ4v) is 2.44. The zero-order valence-corrected chi connectivity index (χ0v) is 17.6. The third-order valence-corrected chi connectivity index (χ3v) is 3.94. The summed E-state index contributed by atoms with van der Waals surface area (Å²) >= 11 is 0. The summed E-state index contributed by atoms with van der Waals surface area (Å²) in [6.45, 7) is 5.56. The van der Waals surface area contributed by atoms with Crippen LogP contribution in [0, 0.1) is 13.8 Å². The van der Waals surface area contributed by atoms with Crippen LogP contribution in [-0.4, -0.2) is 31.6 Å². The fourth-order valence-electron chi connectivity index (χ4n) is 2.44. The van der Waals surface area contributed by atoms with Crippen LogP contribution in [-0.2, 0) is 13.0 Å². The van der Waals surface area contributed by atoms with Crippen LogP contribution in [0.4, 0.5) is 0 Å². The predicted octanol–water partition coefficient (Wildman–Crippen LogP) is 3.23. The van der Waals surface area contributed by atoms with E-state index in [4.69, 9.17) is 4.74 Å². The van der Waals surface area contributed by atoms with Gasteiger partial charge in [0, 0.05) is 19.8 Å². The van der Waals surface area contributed by atoms with E-state index in [1.165, 1.54) is 11.1 Å². The van der Waals surface area contributed by atoms with Crippen LogP contribution in [0.15, 0.2) is 41.5 Å². The third-order valence-electron chi connectivity index (χ3n) is 3.94. The number of methoxy groups -OCH3 is 1. The van der Waals surface area contributed by atoms with E-state index < -0.39 is 0 Å². The molecule has 0 spiro atoms. The summed E-state index contributed by atoms with van der Waals surface area (Å²) in [5, 5.41) is 6.63. The minimum absolute atomic E-state index is 0. The lowest BCUT2D eigenvalue weighted by Crippen LogP contribution is -2.38. The Morgan fingerprint density at radius 1 is 1.16 bits per heavy atom. The van der Waals surface area contributed by atoms with Gasteiger partial charge in [-0.05, 0) is 49.1 Å². The van der Waals surface area contributed by atoms with Gasteiger partial charge >= 0.3 is 0 Å². The van der Waals surface area contributed by atoms with E-state index in [9.17, 15) is 0 Å². The molecule has 0 bridgehead atoms. The zero-order chi connectivity index (χ0) is 17.4. The highest BCUT2D eigenvalue weighted by Gasteiger charge is 2.03. The van der Waals surface area contributed by atoms with E-state index in [0.717, 1.165) is 35.9 Å². The maximum absolute atomic E-state index is 5.37. The second-order valence-corrected chi connectivity index (χ2v) is 5.67. The number of hydrogen-bond donors (Lipinski definition) is 2. The van der Waals surface area contributed by atoms with Gasteiger partial charge in [-0.25, -0.2) is 0 Å². The van der Waals surface area contributed by atoms with Crippen LogP contribution in [0.3, 0.4) is 0 Å². The number of aryl methyl sites for hydroxylation is 2. The van der Waals surface area contributed by atoms with Crippen molar-refractivity contribution in [3.05, 3.63) is 58.9 Å². The second kappa shape index (κ2) is 10.9. The second-order valence-electron chi connectivity index (χ2n) is 5.67. The average molecular weight is 454 g/mol. The number of ether oxygens (including phenoxy) is 1. The molecule has 0 aliphatic rings. The first-order chi connectivity index (χ1) is 11.6. The molecule has 2 N–H and O–H groups in total. The van der Waals surface area contributed by atoms with Crippen LogP contribution in [0.1, 0.15) is 22.4 Å². The number of hydrogen-bond acceptors (Lipinski definition) is 3. The van der Waals surface area contributed by atoms with Crippen LogP contribution in [0.5, 0.6) is 5.75 Å². The van der Waals surface area contributed by atoms with Gasteiger partial charge < -0.3 is 15.4 Å². The molecule has 5 nitrogen and oxygen atoms in total. The molecule has 0 unspecified atom stereocenters. The molecular weight excluding hydrogens is 427 g/mol. The highest BCUT2D eigenvalue weighted by Crippen LogP contribution is 2.18. The van der Waals surface area contributed by atoms with Gasteiger partial charge in [-0.3, -0.25) is 9.98 Å². The molecule has 0 fully saturated rings. The highest BCUT2D eigenvalue weighted by atomic mass is 127. The molecule has 1 heterocycles. The van der Waals surface area contributed by atoms with Crippen molar-refractivity contribution in [2.75, 3.05) is 20.7 Å². The first kappa shape index (κ1) is 21.2. The van der Waals surface area contributed by atoms with Gasteiger partial charge in [0.2, 0.25) is 0 Å². The van der Waals surface area contributed by atoms with E-state index in [-0.39, 0.29) is 24.0 Å². The molecule has 0 saturated carbocycles. The van der Waals surface area contributed by atoms with Gasteiger partial charge in [-0.1, -0.05) is 18.2 Å². The third kappa shape index (κ3) is 6.53. The van der Waals surface area contributed by atoms with Crippen molar-refractivity contribution < 1.29 is 4.74 Å². The maximum atomic E-state index is 5.37. The van der Waals surface area contributed by atoms with Crippen molar-refractivity contribution in [1.29, 1.82) is 0 Å². The van der Waals surface area contributed by atoms with Gasteiger partial charge in [-0.15, -0.1) is 24.0 Å². The Balaban J connectivity index is 0.00000312. The molecule has 0 aliphatic carbocycles. The van der Waals surface area contributed by atoms with Crippen molar-refractivity contribution in [1.82, 2.24) is 15.6 Å². The molecule has 0 radical (unpaired) electrons. The summed E-state index contributed by atoms with van der Waals surface area (Å²) in [4.78, 5) is 8.63.